The van der Waals surface area contributed by atoms with Gasteiger partial charge < -0.3 is 15.0 Å². The Kier molecular flexibility index (Phi) is 6.69. The van der Waals surface area contributed by atoms with Gasteiger partial charge in [-0.1, -0.05) is 19.1 Å². The molecule has 0 aliphatic carbocycles. The van der Waals surface area contributed by atoms with Crippen molar-refractivity contribution in [3.63, 3.8) is 0 Å². The van der Waals surface area contributed by atoms with Crippen LogP contribution in [-0.2, 0) is 4.79 Å². The van der Waals surface area contributed by atoms with Crippen molar-refractivity contribution in [2.75, 3.05) is 24.6 Å². The van der Waals surface area contributed by atoms with Gasteiger partial charge in [0.2, 0.25) is 0 Å². The highest BCUT2D eigenvalue weighted by Gasteiger charge is 2.21. The average Bonchev–Trinajstić information content (AvgIpc) is 2.72. The fourth-order valence-electron chi connectivity index (χ4n) is 3.47. The van der Waals surface area contributed by atoms with Crippen molar-refractivity contribution in [1.29, 1.82) is 0 Å². The Balaban J connectivity index is 1.41. The quantitative estimate of drug-likeness (QED) is 0.743. The number of benzene rings is 2. The van der Waals surface area contributed by atoms with E-state index in [1.54, 1.807) is 24.3 Å². The number of rotatable bonds is 7. The Hall–Kier alpha value is -2.82. The third kappa shape index (κ3) is 5.35. The fraction of sp³-hybridized carbons (Fsp3) is 0.391. The molecule has 0 unspecified atom stereocenters. The number of aryl methyl sites for hydroxylation is 1. The molecule has 28 heavy (non-hydrogen) atoms. The average molecular weight is 380 g/mol. The van der Waals surface area contributed by atoms with E-state index in [9.17, 15) is 9.59 Å². The lowest BCUT2D eigenvalue weighted by atomic mass is 10.0. The summed E-state index contributed by atoms with van der Waals surface area (Å²) in [5, 5.41) is 3.07. The summed E-state index contributed by atoms with van der Waals surface area (Å²) in [5.41, 5.74) is 3.18. The number of carbonyl (C=O) groups is 2. The maximum absolute atomic E-state index is 12.2. The minimum Gasteiger partial charge on any atom is -0.484 e. The molecular formula is C23H28N2O3. The van der Waals surface area contributed by atoms with Crippen LogP contribution in [0.3, 0.4) is 0 Å². The molecule has 1 saturated heterocycles. The first kappa shape index (κ1) is 19.9. The molecule has 0 radical (unpaired) electrons. The summed E-state index contributed by atoms with van der Waals surface area (Å²) in [7, 11) is 0. The second-order valence-electron chi connectivity index (χ2n) is 7.26. The van der Waals surface area contributed by atoms with Gasteiger partial charge in [0.1, 0.15) is 5.75 Å². The molecule has 2 aromatic rings. The van der Waals surface area contributed by atoms with Gasteiger partial charge in [0.15, 0.2) is 12.4 Å². The van der Waals surface area contributed by atoms with Gasteiger partial charge in [0.25, 0.3) is 5.91 Å². The molecule has 1 aliphatic heterocycles. The number of ether oxygens (including phenoxy) is 1. The molecule has 2 aromatic carbocycles. The fourth-order valence-corrected chi connectivity index (χ4v) is 3.47. The molecule has 0 spiro atoms. The minimum atomic E-state index is -0.109. The van der Waals surface area contributed by atoms with Gasteiger partial charge in [-0.15, -0.1) is 0 Å². The first-order valence-electron chi connectivity index (χ1n) is 9.92. The number of nitrogens with one attached hydrogen (secondary N) is 1. The van der Waals surface area contributed by atoms with Crippen molar-refractivity contribution in [2.45, 2.75) is 39.2 Å². The molecule has 1 aliphatic rings. The van der Waals surface area contributed by atoms with E-state index in [0.717, 1.165) is 25.9 Å². The van der Waals surface area contributed by atoms with E-state index < -0.39 is 0 Å². The molecule has 1 amide bonds. The van der Waals surface area contributed by atoms with Gasteiger partial charge in [-0.3, -0.25) is 9.59 Å². The van der Waals surface area contributed by atoms with Crippen molar-refractivity contribution >= 4 is 17.4 Å². The summed E-state index contributed by atoms with van der Waals surface area (Å²) in [5.74, 6) is 0.584. The molecule has 1 N–H and O–H groups in total. The molecule has 5 nitrogen and oxygen atoms in total. The summed E-state index contributed by atoms with van der Waals surface area (Å²) >= 11 is 0. The zero-order valence-corrected chi connectivity index (χ0v) is 16.6. The second kappa shape index (κ2) is 9.40. The molecule has 0 saturated carbocycles. The number of carbonyl (C=O) groups excluding carboxylic acids is 2. The van der Waals surface area contributed by atoms with Crippen LogP contribution in [0, 0.1) is 6.92 Å². The summed E-state index contributed by atoms with van der Waals surface area (Å²) < 4.78 is 5.55. The number of hydrogen-bond donors (Lipinski definition) is 1. The highest BCUT2D eigenvalue weighted by molar-refractivity contribution is 5.95. The van der Waals surface area contributed by atoms with E-state index in [0.29, 0.717) is 17.7 Å². The third-order valence-electron chi connectivity index (χ3n) is 5.09. The molecule has 0 atom stereocenters. The van der Waals surface area contributed by atoms with Gasteiger partial charge >= 0.3 is 0 Å². The predicted octanol–water partition coefficient (Wildman–Crippen LogP) is 3.75. The lowest BCUT2D eigenvalue weighted by Gasteiger charge is -2.34. The van der Waals surface area contributed by atoms with E-state index in [1.165, 1.54) is 11.3 Å². The lowest BCUT2D eigenvalue weighted by molar-refractivity contribution is -0.123. The number of hydrogen-bond acceptors (Lipinski definition) is 4. The summed E-state index contributed by atoms with van der Waals surface area (Å²) in [6.45, 7) is 5.79. The SMILES string of the molecule is CCC(=O)c1ccc(OCC(=O)NC2CCN(c3cccc(C)c3)CC2)cc1. The molecule has 148 valence electrons. The maximum Gasteiger partial charge on any atom is 0.258 e. The van der Waals surface area contributed by atoms with E-state index in [1.807, 2.05) is 6.92 Å². The summed E-state index contributed by atoms with van der Waals surface area (Å²) in [6, 6.07) is 15.6. The Morgan fingerprint density at radius 2 is 1.82 bits per heavy atom. The van der Waals surface area contributed by atoms with E-state index in [4.69, 9.17) is 4.74 Å². The van der Waals surface area contributed by atoms with Crippen LogP contribution in [-0.4, -0.2) is 37.4 Å². The number of anilines is 1. The normalized spacial score (nSPS) is 14.6. The van der Waals surface area contributed by atoms with Crippen LogP contribution in [0.2, 0.25) is 0 Å². The van der Waals surface area contributed by atoms with Crippen molar-refractivity contribution in [2.24, 2.45) is 0 Å². The van der Waals surface area contributed by atoms with Gasteiger partial charge in [0.05, 0.1) is 0 Å². The van der Waals surface area contributed by atoms with Crippen LogP contribution in [0.1, 0.15) is 42.1 Å². The molecule has 5 heteroatoms. The van der Waals surface area contributed by atoms with Crippen LogP contribution in [0.5, 0.6) is 5.75 Å². The number of Topliss-reactive ketones (excluding diaryl/α,β-unsaturated/α-hetero) is 1. The van der Waals surface area contributed by atoms with Crippen molar-refractivity contribution in [3.8, 4) is 5.75 Å². The van der Waals surface area contributed by atoms with Crippen LogP contribution in [0.15, 0.2) is 48.5 Å². The Morgan fingerprint density at radius 1 is 1.11 bits per heavy atom. The number of amides is 1. The number of nitrogens with zero attached hydrogens (tertiary/aromatic N) is 1. The molecule has 1 fully saturated rings. The molecule has 3 rings (SSSR count). The second-order valence-corrected chi connectivity index (χ2v) is 7.26. The molecular weight excluding hydrogens is 352 g/mol. The monoisotopic (exact) mass is 380 g/mol. The van der Waals surface area contributed by atoms with Crippen LogP contribution < -0.4 is 15.0 Å². The smallest absolute Gasteiger partial charge is 0.258 e. The Labute approximate surface area is 166 Å². The van der Waals surface area contributed by atoms with Gasteiger partial charge in [-0.05, 0) is 61.7 Å². The van der Waals surface area contributed by atoms with Crippen molar-refractivity contribution in [3.05, 3.63) is 59.7 Å². The zero-order chi connectivity index (χ0) is 19.9. The van der Waals surface area contributed by atoms with Crippen LogP contribution >= 0.6 is 0 Å². The van der Waals surface area contributed by atoms with Gasteiger partial charge in [0, 0.05) is 36.8 Å². The summed E-state index contributed by atoms with van der Waals surface area (Å²) in [4.78, 5) is 26.2. The van der Waals surface area contributed by atoms with Crippen LogP contribution in [0.25, 0.3) is 0 Å². The Bertz CT molecular complexity index is 809. The molecule has 0 bridgehead atoms. The maximum atomic E-state index is 12.2. The zero-order valence-electron chi connectivity index (χ0n) is 16.6. The highest BCUT2D eigenvalue weighted by Crippen LogP contribution is 2.21. The highest BCUT2D eigenvalue weighted by atomic mass is 16.5. The van der Waals surface area contributed by atoms with Crippen molar-refractivity contribution in [1.82, 2.24) is 5.32 Å². The van der Waals surface area contributed by atoms with Gasteiger partial charge in [-0.2, -0.15) is 0 Å². The largest absolute Gasteiger partial charge is 0.484 e. The van der Waals surface area contributed by atoms with Gasteiger partial charge in [-0.25, -0.2) is 0 Å². The first-order valence-corrected chi connectivity index (χ1v) is 9.92. The topological polar surface area (TPSA) is 58.6 Å². The molecule has 1 heterocycles. The first-order chi connectivity index (χ1) is 13.5. The third-order valence-corrected chi connectivity index (χ3v) is 5.09. The van der Waals surface area contributed by atoms with E-state index >= 15 is 0 Å². The van der Waals surface area contributed by atoms with Crippen LogP contribution in [0.4, 0.5) is 5.69 Å². The van der Waals surface area contributed by atoms with Crippen molar-refractivity contribution < 1.29 is 14.3 Å². The number of ketones is 1. The predicted molar refractivity (Wildman–Crippen MR) is 111 cm³/mol. The standard InChI is InChI=1S/C23H28N2O3/c1-3-22(26)18-7-9-21(10-8-18)28-16-23(27)24-19-11-13-25(14-12-19)20-6-4-5-17(2)15-20/h4-10,15,19H,3,11-14,16H2,1-2H3,(H,24,27). The summed E-state index contributed by atoms with van der Waals surface area (Å²) in [6.07, 6.45) is 2.33. The lowest BCUT2D eigenvalue weighted by Crippen LogP contribution is -2.46. The molecule has 0 aromatic heterocycles. The minimum absolute atomic E-state index is 0.0147. The number of piperidine rings is 1. The van der Waals surface area contributed by atoms with E-state index in [-0.39, 0.29) is 24.3 Å². The van der Waals surface area contributed by atoms with E-state index in [2.05, 4.69) is 41.4 Å². The Morgan fingerprint density at radius 3 is 2.46 bits per heavy atom.